The first-order valence-electron chi connectivity index (χ1n) is 7.01. The van der Waals surface area contributed by atoms with E-state index >= 15 is 0 Å². The Morgan fingerprint density at radius 1 is 1.29 bits per heavy atom. The minimum absolute atomic E-state index is 0.0788. The Bertz CT molecular complexity index is 232. The monoisotopic (exact) mass is 241 g/mol. The second-order valence-corrected chi connectivity index (χ2v) is 5.64. The number of carbonyl (C=O) groups is 1. The van der Waals surface area contributed by atoms with Gasteiger partial charge in [0.1, 0.15) is 0 Å². The summed E-state index contributed by atoms with van der Waals surface area (Å²) in [5.41, 5.74) is 0. The third-order valence-electron chi connectivity index (χ3n) is 3.93. The molecule has 0 aromatic rings. The van der Waals surface area contributed by atoms with Gasteiger partial charge in [0, 0.05) is 12.6 Å². The highest BCUT2D eigenvalue weighted by Crippen LogP contribution is 2.29. The maximum atomic E-state index is 10.9. The van der Waals surface area contributed by atoms with E-state index in [2.05, 4.69) is 25.7 Å². The zero-order chi connectivity index (χ0) is 12.8. The van der Waals surface area contributed by atoms with E-state index in [4.69, 9.17) is 5.11 Å². The van der Waals surface area contributed by atoms with Gasteiger partial charge in [0.15, 0.2) is 0 Å². The van der Waals surface area contributed by atoms with E-state index in [1.165, 1.54) is 6.42 Å². The molecule has 0 heterocycles. The maximum Gasteiger partial charge on any atom is 0.306 e. The van der Waals surface area contributed by atoms with Crippen LogP contribution < -0.4 is 0 Å². The van der Waals surface area contributed by atoms with Crippen molar-refractivity contribution >= 4 is 5.97 Å². The molecule has 3 heteroatoms. The molecule has 0 atom stereocenters. The Kier molecular flexibility index (Phi) is 5.96. The molecule has 3 nitrogen and oxygen atoms in total. The van der Waals surface area contributed by atoms with Crippen LogP contribution in [0.3, 0.4) is 0 Å². The van der Waals surface area contributed by atoms with Gasteiger partial charge in [0.05, 0.1) is 5.92 Å². The van der Waals surface area contributed by atoms with E-state index in [-0.39, 0.29) is 5.92 Å². The van der Waals surface area contributed by atoms with Crippen LogP contribution in [0.15, 0.2) is 0 Å². The fraction of sp³-hybridized carbons (Fsp3) is 0.929. The first-order valence-corrected chi connectivity index (χ1v) is 7.01. The van der Waals surface area contributed by atoms with Crippen LogP contribution in [0, 0.1) is 11.8 Å². The molecule has 0 aromatic heterocycles. The molecule has 1 saturated carbocycles. The lowest BCUT2D eigenvalue weighted by atomic mass is 9.81. The number of carboxylic acids is 1. The predicted octanol–water partition coefficient (Wildman–Crippen LogP) is 3.00. The summed E-state index contributed by atoms with van der Waals surface area (Å²) < 4.78 is 0. The Morgan fingerprint density at radius 2 is 1.88 bits per heavy atom. The molecule has 0 saturated heterocycles. The molecule has 1 aliphatic carbocycles. The fourth-order valence-electron chi connectivity index (χ4n) is 2.77. The Balaban J connectivity index is 2.35. The van der Waals surface area contributed by atoms with Crippen LogP contribution in [-0.4, -0.2) is 35.1 Å². The van der Waals surface area contributed by atoms with Gasteiger partial charge in [-0.15, -0.1) is 0 Å². The van der Waals surface area contributed by atoms with E-state index < -0.39 is 5.97 Å². The van der Waals surface area contributed by atoms with Gasteiger partial charge in [-0.2, -0.15) is 0 Å². The second kappa shape index (κ2) is 7.00. The lowest BCUT2D eigenvalue weighted by Gasteiger charge is -2.33. The number of rotatable bonds is 6. The maximum absolute atomic E-state index is 10.9. The van der Waals surface area contributed by atoms with Crippen molar-refractivity contribution in [3.63, 3.8) is 0 Å². The molecular weight excluding hydrogens is 214 g/mol. The van der Waals surface area contributed by atoms with E-state index in [1.54, 1.807) is 0 Å². The zero-order valence-corrected chi connectivity index (χ0v) is 11.5. The summed E-state index contributed by atoms with van der Waals surface area (Å²) in [7, 11) is 0. The number of hydrogen-bond acceptors (Lipinski definition) is 2. The second-order valence-electron chi connectivity index (χ2n) is 5.64. The first kappa shape index (κ1) is 14.5. The van der Waals surface area contributed by atoms with Gasteiger partial charge < -0.3 is 10.0 Å². The largest absolute Gasteiger partial charge is 0.481 e. The van der Waals surface area contributed by atoms with E-state index in [0.29, 0.717) is 12.0 Å². The van der Waals surface area contributed by atoms with Crippen LogP contribution in [0.4, 0.5) is 0 Å². The SMILES string of the molecule is CCCN(C[C@H]1CC[C@H](C(=O)O)CC1)C(C)C. The van der Waals surface area contributed by atoms with Crippen LogP contribution in [-0.2, 0) is 4.79 Å². The predicted molar refractivity (Wildman–Crippen MR) is 70.1 cm³/mol. The van der Waals surface area contributed by atoms with Crippen LogP contribution in [0.2, 0.25) is 0 Å². The molecule has 0 amide bonds. The van der Waals surface area contributed by atoms with Crippen LogP contribution in [0.1, 0.15) is 52.9 Å². The lowest BCUT2D eigenvalue weighted by Crippen LogP contribution is -2.37. The summed E-state index contributed by atoms with van der Waals surface area (Å²) in [6, 6.07) is 0.604. The normalized spacial score (nSPS) is 25.5. The zero-order valence-electron chi connectivity index (χ0n) is 11.5. The number of aliphatic carboxylic acids is 1. The highest BCUT2D eigenvalue weighted by molar-refractivity contribution is 5.69. The third kappa shape index (κ3) is 4.66. The Labute approximate surface area is 105 Å². The van der Waals surface area contributed by atoms with Crippen LogP contribution >= 0.6 is 0 Å². The van der Waals surface area contributed by atoms with Crippen LogP contribution in [0.25, 0.3) is 0 Å². The van der Waals surface area contributed by atoms with Gasteiger partial charge >= 0.3 is 5.97 Å². The summed E-state index contributed by atoms with van der Waals surface area (Å²) in [6.07, 6.45) is 5.12. The number of carboxylic acid groups (broad SMARTS) is 1. The molecular formula is C14H27NO2. The third-order valence-corrected chi connectivity index (χ3v) is 3.93. The molecule has 17 heavy (non-hydrogen) atoms. The Hall–Kier alpha value is -0.570. The average Bonchev–Trinajstić information content (AvgIpc) is 2.29. The topological polar surface area (TPSA) is 40.5 Å². The molecule has 1 N–H and O–H groups in total. The van der Waals surface area contributed by atoms with Crippen molar-refractivity contribution in [2.45, 2.75) is 58.9 Å². The molecule has 100 valence electrons. The van der Waals surface area contributed by atoms with Gasteiger partial charge in [0.25, 0.3) is 0 Å². The number of nitrogens with zero attached hydrogens (tertiary/aromatic N) is 1. The minimum Gasteiger partial charge on any atom is -0.481 e. The van der Waals surface area contributed by atoms with Gasteiger partial charge in [-0.25, -0.2) is 0 Å². The summed E-state index contributed by atoms with van der Waals surface area (Å²) in [6.45, 7) is 9.03. The van der Waals surface area contributed by atoms with Gasteiger partial charge in [0.2, 0.25) is 0 Å². The van der Waals surface area contributed by atoms with Crippen molar-refractivity contribution in [1.82, 2.24) is 4.90 Å². The van der Waals surface area contributed by atoms with E-state index in [0.717, 1.165) is 38.8 Å². The van der Waals surface area contributed by atoms with Crippen molar-refractivity contribution in [3.8, 4) is 0 Å². The average molecular weight is 241 g/mol. The quantitative estimate of drug-likeness (QED) is 0.777. The summed E-state index contributed by atoms with van der Waals surface area (Å²) in [5.74, 6) is 0.0298. The standard InChI is InChI=1S/C14H27NO2/c1-4-9-15(11(2)3)10-12-5-7-13(8-6-12)14(16)17/h11-13H,4-10H2,1-3H3,(H,16,17)/t12-,13-. The highest BCUT2D eigenvalue weighted by Gasteiger charge is 2.27. The Morgan fingerprint density at radius 3 is 2.29 bits per heavy atom. The molecule has 0 bridgehead atoms. The molecule has 1 fully saturated rings. The molecule has 0 radical (unpaired) electrons. The minimum atomic E-state index is -0.599. The molecule has 0 unspecified atom stereocenters. The van der Waals surface area contributed by atoms with Crippen LogP contribution in [0.5, 0.6) is 0 Å². The van der Waals surface area contributed by atoms with E-state index in [1.807, 2.05) is 0 Å². The van der Waals surface area contributed by atoms with Crippen molar-refractivity contribution in [3.05, 3.63) is 0 Å². The lowest BCUT2D eigenvalue weighted by molar-refractivity contribution is -0.143. The van der Waals surface area contributed by atoms with E-state index in [9.17, 15) is 4.79 Å². The molecule has 0 spiro atoms. The first-order chi connectivity index (χ1) is 8.04. The number of hydrogen-bond donors (Lipinski definition) is 1. The van der Waals surface area contributed by atoms with Crippen molar-refractivity contribution in [1.29, 1.82) is 0 Å². The summed E-state index contributed by atoms with van der Waals surface area (Å²) in [4.78, 5) is 13.4. The summed E-state index contributed by atoms with van der Waals surface area (Å²) >= 11 is 0. The van der Waals surface area contributed by atoms with Gasteiger partial charge in [-0.05, 0) is 58.4 Å². The highest BCUT2D eigenvalue weighted by atomic mass is 16.4. The summed E-state index contributed by atoms with van der Waals surface area (Å²) in [5, 5.41) is 8.97. The van der Waals surface area contributed by atoms with Gasteiger partial charge in [-0.1, -0.05) is 6.92 Å². The van der Waals surface area contributed by atoms with Crippen molar-refractivity contribution in [2.24, 2.45) is 11.8 Å². The van der Waals surface area contributed by atoms with Crippen molar-refractivity contribution < 1.29 is 9.90 Å². The van der Waals surface area contributed by atoms with Gasteiger partial charge in [-0.3, -0.25) is 4.79 Å². The fourth-order valence-corrected chi connectivity index (χ4v) is 2.77. The molecule has 1 aliphatic rings. The molecule has 1 rings (SSSR count). The molecule has 0 aromatic carbocycles. The van der Waals surface area contributed by atoms with Crippen molar-refractivity contribution in [2.75, 3.05) is 13.1 Å². The smallest absolute Gasteiger partial charge is 0.306 e. The molecule has 0 aliphatic heterocycles.